The second-order valence-corrected chi connectivity index (χ2v) is 3.77. The average molecular weight is 262 g/mol. The van der Waals surface area contributed by atoms with Gasteiger partial charge in [-0.05, 0) is 30.2 Å². The van der Waals surface area contributed by atoms with Gasteiger partial charge in [0, 0.05) is 4.47 Å². The van der Waals surface area contributed by atoms with Crippen LogP contribution in [0.2, 0.25) is 0 Å². The van der Waals surface area contributed by atoms with Crippen LogP contribution in [-0.2, 0) is 4.79 Å². The van der Waals surface area contributed by atoms with Crippen molar-refractivity contribution in [3.8, 4) is 0 Å². The zero-order valence-electron chi connectivity index (χ0n) is 7.42. The van der Waals surface area contributed by atoms with Crippen molar-refractivity contribution in [1.82, 2.24) is 0 Å². The van der Waals surface area contributed by atoms with Gasteiger partial charge >= 0.3 is 5.97 Å². The average Bonchev–Trinajstić information content (AvgIpc) is 2.09. The molecule has 1 aromatic rings. The van der Waals surface area contributed by atoms with Gasteiger partial charge in [0.15, 0.2) is 0 Å². The summed E-state index contributed by atoms with van der Waals surface area (Å²) in [7, 11) is 0. The van der Waals surface area contributed by atoms with Gasteiger partial charge in [-0.25, -0.2) is 4.39 Å². The Morgan fingerprint density at radius 1 is 1.64 bits per heavy atom. The van der Waals surface area contributed by atoms with Crippen LogP contribution in [0, 0.1) is 12.7 Å². The highest BCUT2D eigenvalue weighted by molar-refractivity contribution is 9.10. The number of carboxylic acids is 1. The summed E-state index contributed by atoms with van der Waals surface area (Å²) in [5.74, 6) is -1.68. The second-order valence-electron chi connectivity index (χ2n) is 2.92. The first-order valence-electron chi connectivity index (χ1n) is 3.87. The molecule has 76 valence electrons. The molecule has 0 saturated carbocycles. The summed E-state index contributed by atoms with van der Waals surface area (Å²) in [5, 5.41) is 8.68. The molecule has 1 unspecified atom stereocenters. The molecular formula is C9H9BrFNO2. The Morgan fingerprint density at radius 3 is 2.71 bits per heavy atom. The summed E-state index contributed by atoms with van der Waals surface area (Å²) in [5.41, 5.74) is 6.31. The van der Waals surface area contributed by atoms with E-state index in [2.05, 4.69) is 15.9 Å². The summed E-state index contributed by atoms with van der Waals surface area (Å²) in [6.45, 7) is 1.68. The standard InChI is InChI=1S/C9H9BrFNO2/c1-4-6(8(12)9(13)14)2-5(11)3-7(4)10/h2-3,8H,12H2,1H3,(H,13,14). The largest absolute Gasteiger partial charge is 0.480 e. The summed E-state index contributed by atoms with van der Waals surface area (Å²) in [6, 6.07) is 1.22. The first kappa shape index (κ1) is 11.1. The topological polar surface area (TPSA) is 63.3 Å². The van der Waals surface area contributed by atoms with Crippen molar-refractivity contribution in [1.29, 1.82) is 0 Å². The number of hydrogen-bond acceptors (Lipinski definition) is 2. The van der Waals surface area contributed by atoms with Crippen molar-refractivity contribution in [2.75, 3.05) is 0 Å². The van der Waals surface area contributed by atoms with Gasteiger partial charge in [0.25, 0.3) is 0 Å². The highest BCUT2D eigenvalue weighted by Crippen LogP contribution is 2.25. The number of carboxylic acid groups (broad SMARTS) is 1. The quantitative estimate of drug-likeness (QED) is 0.856. The van der Waals surface area contributed by atoms with Crippen LogP contribution < -0.4 is 5.73 Å². The highest BCUT2D eigenvalue weighted by atomic mass is 79.9. The van der Waals surface area contributed by atoms with Crippen molar-refractivity contribution >= 4 is 21.9 Å². The zero-order chi connectivity index (χ0) is 10.9. The first-order valence-corrected chi connectivity index (χ1v) is 4.66. The van der Waals surface area contributed by atoms with Crippen molar-refractivity contribution in [3.63, 3.8) is 0 Å². The van der Waals surface area contributed by atoms with E-state index in [1.54, 1.807) is 6.92 Å². The van der Waals surface area contributed by atoms with Crippen molar-refractivity contribution in [2.24, 2.45) is 5.73 Å². The lowest BCUT2D eigenvalue weighted by atomic mass is 10.0. The predicted molar refractivity (Wildman–Crippen MR) is 53.4 cm³/mol. The molecule has 1 atom stereocenters. The molecule has 3 N–H and O–H groups in total. The van der Waals surface area contributed by atoms with Crippen LogP contribution in [0.1, 0.15) is 17.2 Å². The lowest BCUT2D eigenvalue weighted by Gasteiger charge is -2.11. The van der Waals surface area contributed by atoms with Crippen LogP contribution >= 0.6 is 15.9 Å². The smallest absolute Gasteiger partial charge is 0.325 e. The monoisotopic (exact) mass is 261 g/mol. The molecule has 0 aliphatic carbocycles. The third kappa shape index (κ3) is 2.10. The molecule has 0 aliphatic rings. The maximum absolute atomic E-state index is 13.0. The minimum atomic E-state index is -1.19. The number of benzene rings is 1. The molecule has 0 aromatic heterocycles. The lowest BCUT2D eigenvalue weighted by Crippen LogP contribution is -2.21. The Bertz CT molecular complexity index is 381. The molecule has 5 heteroatoms. The van der Waals surface area contributed by atoms with E-state index < -0.39 is 17.8 Å². The number of halogens is 2. The maximum atomic E-state index is 13.0. The third-order valence-corrected chi connectivity index (χ3v) is 2.77. The summed E-state index contributed by atoms with van der Waals surface area (Å²) in [4.78, 5) is 10.6. The first-order chi connectivity index (χ1) is 6.43. The fraction of sp³-hybridized carbons (Fsp3) is 0.222. The van der Waals surface area contributed by atoms with E-state index in [4.69, 9.17) is 10.8 Å². The van der Waals surface area contributed by atoms with E-state index in [0.29, 0.717) is 10.0 Å². The number of aliphatic carboxylic acids is 1. The summed E-state index contributed by atoms with van der Waals surface area (Å²) < 4.78 is 13.5. The molecule has 0 fully saturated rings. The Morgan fingerprint density at radius 2 is 2.21 bits per heavy atom. The Labute approximate surface area is 88.9 Å². The van der Waals surface area contributed by atoms with E-state index in [9.17, 15) is 9.18 Å². The molecule has 0 aliphatic heterocycles. The van der Waals surface area contributed by atoms with Gasteiger partial charge < -0.3 is 10.8 Å². The highest BCUT2D eigenvalue weighted by Gasteiger charge is 2.18. The maximum Gasteiger partial charge on any atom is 0.325 e. The summed E-state index contributed by atoms with van der Waals surface area (Å²) in [6.07, 6.45) is 0. The summed E-state index contributed by atoms with van der Waals surface area (Å²) >= 11 is 3.13. The normalized spacial score (nSPS) is 12.6. The Hall–Kier alpha value is -0.940. The van der Waals surface area contributed by atoms with Crippen molar-refractivity contribution in [2.45, 2.75) is 13.0 Å². The number of carbonyl (C=O) groups is 1. The van der Waals surface area contributed by atoms with Gasteiger partial charge in [-0.2, -0.15) is 0 Å². The number of rotatable bonds is 2. The van der Waals surface area contributed by atoms with Gasteiger partial charge in [-0.3, -0.25) is 4.79 Å². The molecule has 1 aromatic carbocycles. The van der Waals surface area contributed by atoms with Gasteiger partial charge in [0.1, 0.15) is 11.9 Å². The molecule has 0 saturated heterocycles. The van der Waals surface area contributed by atoms with E-state index >= 15 is 0 Å². The molecule has 0 amide bonds. The Kier molecular flexibility index (Phi) is 3.23. The Balaban J connectivity index is 3.26. The van der Waals surface area contributed by atoms with E-state index in [-0.39, 0.29) is 5.56 Å². The van der Waals surface area contributed by atoms with E-state index in [1.165, 1.54) is 6.07 Å². The van der Waals surface area contributed by atoms with E-state index in [0.717, 1.165) is 6.07 Å². The van der Waals surface area contributed by atoms with Crippen LogP contribution in [0.4, 0.5) is 4.39 Å². The lowest BCUT2D eigenvalue weighted by molar-refractivity contribution is -0.138. The predicted octanol–water partition coefficient (Wildman–Crippen LogP) is 1.98. The molecule has 1 rings (SSSR count). The van der Waals surface area contributed by atoms with Crippen LogP contribution in [0.15, 0.2) is 16.6 Å². The van der Waals surface area contributed by atoms with Crippen molar-refractivity contribution < 1.29 is 14.3 Å². The van der Waals surface area contributed by atoms with Gasteiger partial charge in [0.2, 0.25) is 0 Å². The SMILES string of the molecule is Cc1c(Br)cc(F)cc1C(N)C(=O)O. The minimum absolute atomic E-state index is 0.282. The fourth-order valence-electron chi connectivity index (χ4n) is 1.12. The van der Waals surface area contributed by atoms with Crippen molar-refractivity contribution in [3.05, 3.63) is 33.5 Å². The van der Waals surface area contributed by atoms with Crippen LogP contribution in [0.25, 0.3) is 0 Å². The number of hydrogen-bond donors (Lipinski definition) is 2. The molecular weight excluding hydrogens is 253 g/mol. The molecule has 14 heavy (non-hydrogen) atoms. The molecule has 0 bridgehead atoms. The van der Waals surface area contributed by atoms with Crippen LogP contribution in [0.3, 0.4) is 0 Å². The second kappa shape index (κ2) is 4.06. The fourth-order valence-corrected chi connectivity index (χ4v) is 1.57. The molecule has 0 spiro atoms. The van der Waals surface area contributed by atoms with Gasteiger partial charge in [-0.15, -0.1) is 0 Å². The van der Waals surface area contributed by atoms with Gasteiger partial charge in [0.05, 0.1) is 0 Å². The van der Waals surface area contributed by atoms with Crippen LogP contribution in [0.5, 0.6) is 0 Å². The minimum Gasteiger partial charge on any atom is -0.480 e. The molecule has 3 nitrogen and oxygen atoms in total. The third-order valence-electron chi connectivity index (χ3n) is 1.95. The zero-order valence-corrected chi connectivity index (χ0v) is 9.01. The molecule has 0 radical (unpaired) electrons. The van der Waals surface area contributed by atoms with Gasteiger partial charge in [-0.1, -0.05) is 15.9 Å². The van der Waals surface area contributed by atoms with E-state index in [1.807, 2.05) is 0 Å². The van der Waals surface area contributed by atoms with Crippen LogP contribution in [-0.4, -0.2) is 11.1 Å². The molecule has 0 heterocycles. The number of nitrogens with two attached hydrogens (primary N) is 1.